The first-order valence-electron chi connectivity index (χ1n) is 9.89. The SMILES string of the molecule is Cc1nn(-c2ccc(F)cc2)c(C)c1CN1CCC(N2CCCC2)CC1. The van der Waals surface area contributed by atoms with Crippen LogP contribution in [0.3, 0.4) is 0 Å². The number of hydrogen-bond donors (Lipinski definition) is 0. The van der Waals surface area contributed by atoms with E-state index in [1.54, 1.807) is 12.1 Å². The van der Waals surface area contributed by atoms with E-state index in [0.717, 1.165) is 29.7 Å². The van der Waals surface area contributed by atoms with Gasteiger partial charge in [-0.25, -0.2) is 9.07 Å². The minimum Gasteiger partial charge on any atom is -0.300 e. The molecule has 26 heavy (non-hydrogen) atoms. The van der Waals surface area contributed by atoms with Crippen molar-refractivity contribution in [2.45, 2.75) is 52.1 Å². The Kier molecular flexibility index (Phi) is 5.09. The molecule has 2 aliphatic heterocycles. The highest BCUT2D eigenvalue weighted by Crippen LogP contribution is 2.24. The first-order chi connectivity index (χ1) is 12.6. The van der Waals surface area contributed by atoms with Crippen molar-refractivity contribution in [1.29, 1.82) is 0 Å². The summed E-state index contributed by atoms with van der Waals surface area (Å²) in [4.78, 5) is 5.26. The lowest BCUT2D eigenvalue weighted by Crippen LogP contribution is -2.43. The molecular weight excluding hydrogens is 327 g/mol. The third-order valence-corrected chi connectivity index (χ3v) is 6.11. The predicted octanol–water partition coefficient (Wildman–Crippen LogP) is 3.69. The Morgan fingerprint density at radius 3 is 2.31 bits per heavy atom. The van der Waals surface area contributed by atoms with E-state index in [9.17, 15) is 4.39 Å². The maximum Gasteiger partial charge on any atom is 0.123 e. The molecular formula is C21H29FN4. The molecule has 0 atom stereocenters. The van der Waals surface area contributed by atoms with Gasteiger partial charge < -0.3 is 4.90 Å². The predicted molar refractivity (Wildman–Crippen MR) is 102 cm³/mol. The third-order valence-electron chi connectivity index (χ3n) is 6.11. The molecule has 140 valence electrons. The van der Waals surface area contributed by atoms with Gasteiger partial charge >= 0.3 is 0 Å². The van der Waals surface area contributed by atoms with Crippen LogP contribution in [-0.4, -0.2) is 51.8 Å². The molecule has 0 radical (unpaired) electrons. The Morgan fingerprint density at radius 1 is 1.00 bits per heavy atom. The van der Waals surface area contributed by atoms with Crippen molar-refractivity contribution in [1.82, 2.24) is 19.6 Å². The summed E-state index contributed by atoms with van der Waals surface area (Å²) in [7, 11) is 0. The third kappa shape index (κ3) is 3.55. The monoisotopic (exact) mass is 356 g/mol. The summed E-state index contributed by atoms with van der Waals surface area (Å²) >= 11 is 0. The van der Waals surface area contributed by atoms with E-state index < -0.39 is 0 Å². The quantitative estimate of drug-likeness (QED) is 0.835. The van der Waals surface area contributed by atoms with Crippen LogP contribution in [0.5, 0.6) is 0 Å². The van der Waals surface area contributed by atoms with Gasteiger partial charge in [-0.2, -0.15) is 5.10 Å². The van der Waals surface area contributed by atoms with Crippen LogP contribution in [0, 0.1) is 19.7 Å². The molecule has 1 aromatic carbocycles. The molecule has 0 saturated carbocycles. The fraction of sp³-hybridized carbons (Fsp3) is 0.571. The fourth-order valence-electron chi connectivity index (χ4n) is 4.51. The number of likely N-dealkylation sites (tertiary alicyclic amines) is 2. The summed E-state index contributed by atoms with van der Waals surface area (Å²) in [5.41, 5.74) is 4.48. The van der Waals surface area contributed by atoms with E-state index in [2.05, 4.69) is 23.6 Å². The first kappa shape index (κ1) is 17.7. The van der Waals surface area contributed by atoms with Crippen LogP contribution in [0.2, 0.25) is 0 Å². The van der Waals surface area contributed by atoms with E-state index in [1.807, 2.05) is 4.68 Å². The summed E-state index contributed by atoms with van der Waals surface area (Å²) in [6.45, 7) is 10.1. The lowest BCUT2D eigenvalue weighted by atomic mass is 10.0. The van der Waals surface area contributed by atoms with Gasteiger partial charge in [-0.3, -0.25) is 4.90 Å². The molecule has 2 fully saturated rings. The number of piperidine rings is 1. The average Bonchev–Trinajstić information content (AvgIpc) is 3.28. The molecule has 0 unspecified atom stereocenters. The van der Waals surface area contributed by atoms with E-state index in [4.69, 9.17) is 5.10 Å². The van der Waals surface area contributed by atoms with Crippen LogP contribution < -0.4 is 0 Å². The highest BCUT2D eigenvalue weighted by Gasteiger charge is 2.27. The van der Waals surface area contributed by atoms with Gasteiger partial charge in [0.1, 0.15) is 5.82 Å². The van der Waals surface area contributed by atoms with Crippen molar-refractivity contribution >= 4 is 0 Å². The highest BCUT2D eigenvalue weighted by atomic mass is 19.1. The molecule has 5 heteroatoms. The molecule has 3 heterocycles. The average molecular weight is 356 g/mol. The topological polar surface area (TPSA) is 24.3 Å². The van der Waals surface area contributed by atoms with Crippen molar-refractivity contribution < 1.29 is 4.39 Å². The van der Waals surface area contributed by atoms with Crippen LogP contribution in [0.1, 0.15) is 42.6 Å². The zero-order chi connectivity index (χ0) is 18.1. The van der Waals surface area contributed by atoms with Crippen LogP contribution in [0.4, 0.5) is 4.39 Å². The number of halogens is 1. The Bertz CT molecular complexity index is 738. The molecule has 2 aliphatic rings. The normalized spacial score (nSPS) is 20.1. The van der Waals surface area contributed by atoms with Gasteiger partial charge in [0.2, 0.25) is 0 Å². The molecule has 0 aliphatic carbocycles. The zero-order valence-corrected chi connectivity index (χ0v) is 15.9. The van der Waals surface area contributed by atoms with E-state index in [-0.39, 0.29) is 5.82 Å². The lowest BCUT2D eigenvalue weighted by Gasteiger charge is -2.36. The summed E-state index contributed by atoms with van der Waals surface area (Å²) in [6, 6.07) is 7.36. The van der Waals surface area contributed by atoms with E-state index in [0.29, 0.717) is 0 Å². The number of aromatic nitrogens is 2. The number of nitrogens with zero attached hydrogens (tertiary/aromatic N) is 4. The molecule has 0 amide bonds. The summed E-state index contributed by atoms with van der Waals surface area (Å²) < 4.78 is 15.1. The Labute approximate surface area is 155 Å². The second kappa shape index (κ2) is 7.49. The number of aryl methyl sites for hydroxylation is 1. The largest absolute Gasteiger partial charge is 0.300 e. The van der Waals surface area contributed by atoms with Crippen molar-refractivity contribution in [2.24, 2.45) is 0 Å². The Balaban J connectivity index is 1.43. The van der Waals surface area contributed by atoms with Crippen molar-refractivity contribution in [3.05, 3.63) is 47.0 Å². The summed E-state index contributed by atoms with van der Waals surface area (Å²) in [5, 5.41) is 4.71. The number of rotatable bonds is 4. The Morgan fingerprint density at radius 2 is 1.65 bits per heavy atom. The van der Waals surface area contributed by atoms with Gasteiger partial charge in [-0.1, -0.05) is 0 Å². The van der Waals surface area contributed by atoms with Gasteiger partial charge in [0.25, 0.3) is 0 Å². The molecule has 2 aromatic rings. The molecule has 2 saturated heterocycles. The summed E-state index contributed by atoms with van der Waals surface area (Å²) in [6.07, 6.45) is 5.32. The van der Waals surface area contributed by atoms with Gasteiger partial charge in [0.15, 0.2) is 0 Å². The second-order valence-electron chi connectivity index (χ2n) is 7.79. The maximum absolute atomic E-state index is 13.2. The minimum atomic E-state index is -0.212. The molecule has 0 N–H and O–H groups in total. The standard InChI is InChI=1S/C21H29FN4/c1-16-21(17(2)26(23-16)20-7-5-18(22)6-8-20)15-24-13-9-19(10-14-24)25-11-3-4-12-25/h5-8,19H,3-4,9-15H2,1-2H3. The van der Waals surface area contributed by atoms with Gasteiger partial charge in [-0.15, -0.1) is 0 Å². The van der Waals surface area contributed by atoms with E-state index in [1.165, 1.54) is 69.6 Å². The number of benzene rings is 1. The van der Waals surface area contributed by atoms with Gasteiger partial charge in [-0.05, 0) is 90.0 Å². The van der Waals surface area contributed by atoms with Crippen molar-refractivity contribution in [2.75, 3.05) is 26.2 Å². The van der Waals surface area contributed by atoms with Crippen molar-refractivity contribution in [3.63, 3.8) is 0 Å². The fourth-order valence-corrected chi connectivity index (χ4v) is 4.51. The molecule has 4 rings (SSSR count). The Hall–Kier alpha value is -1.72. The molecule has 4 nitrogen and oxygen atoms in total. The molecule has 0 spiro atoms. The highest BCUT2D eigenvalue weighted by molar-refractivity contribution is 5.37. The lowest BCUT2D eigenvalue weighted by molar-refractivity contribution is 0.122. The molecule has 0 bridgehead atoms. The summed E-state index contributed by atoms with van der Waals surface area (Å²) in [5.74, 6) is -0.212. The minimum absolute atomic E-state index is 0.212. The molecule has 1 aromatic heterocycles. The second-order valence-corrected chi connectivity index (χ2v) is 7.79. The van der Waals surface area contributed by atoms with Crippen LogP contribution >= 0.6 is 0 Å². The van der Waals surface area contributed by atoms with Crippen LogP contribution in [-0.2, 0) is 6.54 Å². The maximum atomic E-state index is 13.2. The van der Waals surface area contributed by atoms with Gasteiger partial charge in [0, 0.05) is 23.8 Å². The van der Waals surface area contributed by atoms with Gasteiger partial charge in [0.05, 0.1) is 11.4 Å². The van der Waals surface area contributed by atoms with E-state index >= 15 is 0 Å². The smallest absolute Gasteiger partial charge is 0.123 e. The number of hydrogen-bond acceptors (Lipinski definition) is 3. The van der Waals surface area contributed by atoms with Crippen LogP contribution in [0.25, 0.3) is 5.69 Å². The van der Waals surface area contributed by atoms with Crippen molar-refractivity contribution in [3.8, 4) is 5.69 Å². The first-order valence-corrected chi connectivity index (χ1v) is 9.89. The van der Waals surface area contributed by atoms with Crippen LogP contribution in [0.15, 0.2) is 24.3 Å². The zero-order valence-electron chi connectivity index (χ0n) is 15.9.